The van der Waals surface area contributed by atoms with Gasteiger partial charge in [0.05, 0.1) is 17.7 Å². The fourth-order valence-corrected chi connectivity index (χ4v) is 2.54. The topological polar surface area (TPSA) is 47.6 Å². The van der Waals surface area contributed by atoms with Crippen LogP contribution in [0.5, 0.6) is 0 Å². The van der Waals surface area contributed by atoms with E-state index in [1.807, 2.05) is 20.8 Å². The Morgan fingerprint density at radius 2 is 1.82 bits per heavy atom. The molecule has 2 aliphatic heterocycles. The first-order valence-electron chi connectivity index (χ1n) is 6.37. The fraction of sp³-hybridized carbons (Fsp3) is 0.923. The van der Waals surface area contributed by atoms with Crippen LogP contribution in [0.4, 0.5) is 4.79 Å². The summed E-state index contributed by atoms with van der Waals surface area (Å²) in [5.41, 5.74) is -0.600. The largest absolute Gasteiger partial charge is 0.444 e. The minimum Gasteiger partial charge on any atom is -0.444 e. The van der Waals surface area contributed by atoms with E-state index in [1.54, 1.807) is 0 Å². The van der Waals surface area contributed by atoms with Gasteiger partial charge in [0.25, 0.3) is 0 Å². The maximum atomic E-state index is 11.8. The van der Waals surface area contributed by atoms with Crippen LogP contribution < -0.4 is 5.32 Å². The van der Waals surface area contributed by atoms with Crippen LogP contribution in [0.15, 0.2) is 0 Å². The summed E-state index contributed by atoms with van der Waals surface area (Å²) in [7, 11) is 0. The monoisotopic (exact) mass is 241 g/mol. The maximum Gasteiger partial charge on any atom is 0.408 e. The number of rotatable bonds is 1. The van der Waals surface area contributed by atoms with Gasteiger partial charge in [0.15, 0.2) is 0 Å². The lowest BCUT2D eigenvalue weighted by atomic mass is 9.72. The van der Waals surface area contributed by atoms with E-state index in [0.29, 0.717) is 6.61 Å². The van der Waals surface area contributed by atoms with E-state index in [4.69, 9.17) is 9.47 Å². The Morgan fingerprint density at radius 3 is 2.24 bits per heavy atom. The van der Waals surface area contributed by atoms with E-state index in [2.05, 4.69) is 12.2 Å². The molecule has 2 bridgehead atoms. The van der Waals surface area contributed by atoms with Crippen LogP contribution in [0.25, 0.3) is 0 Å². The van der Waals surface area contributed by atoms with Gasteiger partial charge in [-0.25, -0.2) is 4.79 Å². The second kappa shape index (κ2) is 3.87. The Morgan fingerprint density at radius 1 is 1.24 bits per heavy atom. The zero-order valence-corrected chi connectivity index (χ0v) is 11.3. The van der Waals surface area contributed by atoms with Crippen molar-refractivity contribution < 1.29 is 14.3 Å². The molecule has 0 radical (unpaired) electrons. The van der Waals surface area contributed by atoms with E-state index < -0.39 is 5.60 Å². The van der Waals surface area contributed by atoms with Crippen LogP contribution in [0.1, 0.15) is 53.4 Å². The molecular formula is C13H23NO3. The summed E-state index contributed by atoms with van der Waals surface area (Å²) in [6.07, 6.45) is 3.68. The Kier molecular flexibility index (Phi) is 2.89. The van der Waals surface area contributed by atoms with Crippen molar-refractivity contribution in [1.82, 2.24) is 5.32 Å². The Labute approximate surface area is 103 Å². The van der Waals surface area contributed by atoms with Gasteiger partial charge in [-0.3, -0.25) is 0 Å². The van der Waals surface area contributed by atoms with Gasteiger partial charge >= 0.3 is 6.09 Å². The molecular weight excluding hydrogens is 218 g/mol. The van der Waals surface area contributed by atoms with Gasteiger partial charge in [0.2, 0.25) is 0 Å². The molecule has 1 aliphatic carbocycles. The van der Waals surface area contributed by atoms with Crippen molar-refractivity contribution in [2.75, 3.05) is 6.61 Å². The third-order valence-electron chi connectivity index (χ3n) is 3.73. The highest BCUT2D eigenvalue weighted by Gasteiger charge is 2.48. The number of hydrogen-bond acceptors (Lipinski definition) is 3. The molecule has 0 unspecified atom stereocenters. The number of hydrogen-bond donors (Lipinski definition) is 1. The van der Waals surface area contributed by atoms with Crippen molar-refractivity contribution in [1.29, 1.82) is 0 Å². The highest BCUT2D eigenvalue weighted by atomic mass is 16.6. The van der Waals surface area contributed by atoms with Gasteiger partial charge in [-0.15, -0.1) is 0 Å². The van der Waals surface area contributed by atoms with Gasteiger partial charge < -0.3 is 14.8 Å². The predicted octanol–water partition coefficient (Wildman–Crippen LogP) is 2.61. The number of amides is 1. The Hall–Kier alpha value is -0.770. The molecule has 0 aromatic heterocycles. The van der Waals surface area contributed by atoms with Crippen LogP contribution >= 0.6 is 0 Å². The fourth-order valence-electron chi connectivity index (χ4n) is 2.54. The molecule has 2 heterocycles. The van der Waals surface area contributed by atoms with E-state index in [-0.39, 0.29) is 17.2 Å². The molecule has 0 atom stereocenters. The molecule has 98 valence electrons. The Balaban J connectivity index is 1.93. The standard InChI is InChI=1S/C13H23NO3/c1-11(2,3)17-10(15)14-13-7-5-12(4,6-8-13)16-9-13/h5-9H2,1-4H3,(H,14,15). The lowest BCUT2D eigenvalue weighted by Crippen LogP contribution is -2.62. The van der Waals surface area contributed by atoms with E-state index in [9.17, 15) is 4.79 Å². The minimum absolute atomic E-state index is 0.0390. The molecule has 0 spiro atoms. The van der Waals surface area contributed by atoms with Crippen molar-refractivity contribution in [3.8, 4) is 0 Å². The van der Waals surface area contributed by atoms with E-state index >= 15 is 0 Å². The SMILES string of the molecule is CC(C)(C)OC(=O)NC12CCC(C)(CC1)OC2. The van der Waals surface area contributed by atoms with Crippen LogP contribution in [0.3, 0.4) is 0 Å². The highest BCUT2D eigenvalue weighted by molar-refractivity contribution is 5.69. The third-order valence-corrected chi connectivity index (χ3v) is 3.73. The van der Waals surface area contributed by atoms with Crippen molar-refractivity contribution >= 4 is 6.09 Å². The molecule has 1 amide bonds. The molecule has 0 aromatic carbocycles. The number of alkyl carbamates (subject to hydrolysis) is 1. The van der Waals surface area contributed by atoms with Gasteiger partial charge in [0.1, 0.15) is 5.60 Å². The summed E-state index contributed by atoms with van der Waals surface area (Å²) < 4.78 is 11.1. The molecule has 1 N–H and O–H groups in total. The van der Waals surface area contributed by atoms with Crippen LogP contribution in [0.2, 0.25) is 0 Å². The number of nitrogens with one attached hydrogen (secondary N) is 1. The van der Waals surface area contributed by atoms with Gasteiger partial charge in [-0.2, -0.15) is 0 Å². The van der Waals surface area contributed by atoms with Crippen molar-refractivity contribution in [2.24, 2.45) is 0 Å². The first-order valence-corrected chi connectivity index (χ1v) is 6.37. The third kappa shape index (κ3) is 2.92. The molecule has 3 aliphatic rings. The van der Waals surface area contributed by atoms with Gasteiger partial charge in [-0.1, -0.05) is 0 Å². The first kappa shape index (κ1) is 12.7. The van der Waals surface area contributed by atoms with Crippen molar-refractivity contribution in [3.63, 3.8) is 0 Å². The number of carbonyl (C=O) groups excluding carboxylic acids is 1. The zero-order chi connectivity index (χ0) is 12.7. The second-order valence-electron chi connectivity index (χ2n) is 6.65. The average molecular weight is 241 g/mol. The molecule has 0 aromatic rings. The molecule has 17 heavy (non-hydrogen) atoms. The zero-order valence-electron chi connectivity index (χ0n) is 11.3. The molecule has 4 nitrogen and oxygen atoms in total. The van der Waals surface area contributed by atoms with E-state index in [0.717, 1.165) is 25.7 Å². The van der Waals surface area contributed by atoms with Crippen LogP contribution in [-0.4, -0.2) is 29.4 Å². The summed E-state index contributed by atoms with van der Waals surface area (Å²) >= 11 is 0. The Bertz CT molecular complexity index is 295. The minimum atomic E-state index is -0.445. The molecule has 2 saturated heterocycles. The lowest BCUT2D eigenvalue weighted by Gasteiger charge is -2.51. The van der Waals surface area contributed by atoms with Crippen molar-refractivity contribution in [2.45, 2.75) is 70.1 Å². The number of carbonyl (C=O) groups is 1. The normalized spacial score (nSPS) is 36.7. The smallest absolute Gasteiger partial charge is 0.408 e. The summed E-state index contributed by atoms with van der Waals surface area (Å²) in [6, 6.07) is 0. The summed E-state index contributed by atoms with van der Waals surface area (Å²) in [4.78, 5) is 11.8. The average Bonchev–Trinajstić information content (AvgIpc) is 2.17. The number of ether oxygens (including phenoxy) is 2. The second-order valence-corrected chi connectivity index (χ2v) is 6.65. The van der Waals surface area contributed by atoms with Gasteiger partial charge in [0, 0.05) is 0 Å². The summed E-state index contributed by atoms with van der Waals surface area (Å²) in [5.74, 6) is 0. The van der Waals surface area contributed by atoms with Crippen LogP contribution in [0, 0.1) is 0 Å². The predicted molar refractivity (Wildman–Crippen MR) is 64.9 cm³/mol. The van der Waals surface area contributed by atoms with Gasteiger partial charge in [-0.05, 0) is 53.4 Å². The van der Waals surface area contributed by atoms with Crippen LogP contribution in [-0.2, 0) is 9.47 Å². The summed E-state index contributed by atoms with van der Waals surface area (Å²) in [6.45, 7) is 8.39. The quantitative estimate of drug-likeness (QED) is 0.767. The summed E-state index contributed by atoms with van der Waals surface area (Å²) in [5, 5.41) is 3.01. The highest BCUT2D eigenvalue weighted by Crippen LogP contribution is 2.43. The van der Waals surface area contributed by atoms with Crippen molar-refractivity contribution in [3.05, 3.63) is 0 Å². The molecule has 3 fully saturated rings. The maximum absolute atomic E-state index is 11.8. The molecule has 1 saturated carbocycles. The molecule has 3 rings (SSSR count). The number of fused-ring (bicyclic) bond motifs is 3. The lowest BCUT2D eigenvalue weighted by molar-refractivity contribution is -0.150. The van der Waals surface area contributed by atoms with E-state index in [1.165, 1.54) is 0 Å². The first-order chi connectivity index (χ1) is 7.72. The molecule has 4 heteroatoms.